The number of hydrogen-bond donors (Lipinski definition) is 0. The number of rotatable bonds is 1. The smallest absolute Gasteiger partial charge is 0.0726 e. The Morgan fingerprint density at radius 2 is 1.04 bits per heavy atom. The molecule has 2 aromatic heterocycles. The highest BCUT2D eigenvalue weighted by molar-refractivity contribution is 7.27. The molecule has 0 radical (unpaired) electrons. The van der Waals surface area contributed by atoms with Crippen LogP contribution < -0.4 is 0 Å². The van der Waals surface area contributed by atoms with Gasteiger partial charge < -0.3 is 4.57 Å². The lowest BCUT2D eigenvalue weighted by molar-refractivity contribution is 0.660. The lowest BCUT2D eigenvalue weighted by Gasteiger charge is -2.22. The molecular weight excluding hydrogens is 587 g/mol. The van der Waals surface area contributed by atoms with Crippen LogP contribution in [0.5, 0.6) is 0 Å². The van der Waals surface area contributed by atoms with Gasteiger partial charge in [0.15, 0.2) is 0 Å². The van der Waals surface area contributed by atoms with Gasteiger partial charge in [0.25, 0.3) is 0 Å². The summed E-state index contributed by atoms with van der Waals surface area (Å²) in [6.07, 6.45) is 0. The maximum atomic E-state index is 2.57. The van der Waals surface area contributed by atoms with Gasteiger partial charge in [0.1, 0.15) is 0 Å². The Labute approximate surface area is 275 Å². The summed E-state index contributed by atoms with van der Waals surface area (Å²) in [6.45, 7) is 4.75. The van der Waals surface area contributed by atoms with E-state index < -0.39 is 0 Å². The summed E-state index contributed by atoms with van der Waals surface area (Å²) >= 11 is 1.94. The third-order valence-corrected chi connectivity index (χ3v) is 12.1. The lowest BCUT2D eigenvalue weighted by Crippen LogP contribution is -2.15. The van der Waals surface area contributed by atoms with Crippen LogP contribution in [-0.4, -0.2) is 4.57 Å². The first-order valence-corrected chi connectivity index (χ1v) is 17.3. The van der Waals surface area contributed by atoms with Crippen molar-refractivity contribution in [1.82, 2.24) is 4.57 Å². The number of thiophene rings is 1. The minimum atomic E-state index is -0.0740. The minimum Gasteiger partial charge on any atom is -0.308 e. The van der Waals surface area contributed by atoms with Crippen LogP contribution in [0.2, 0.25) is 0 Å². The standard InChI is InChI=1S/C45H29NS/c1-45(2)35-20-10-7-15-29(35)30-24-23-26(25-36(30)45)46-37-21-11-8-18-33(37)41-39-31-16-5-3-13-27(31)28-14-4-6-17-32(28)40(39)42-34-19-9-12-22-38(34)47-44(42)43(41)46/h3-25H,1-2H3. The summed E-state index contributed by atoms with van der Waals surface area (Å²) in [6, 6.07) is 52.2. The van der Waals surface area contributed by atoms with E-state index in [1.54, 1.807) is 0 Å². The second kappa shape index (κ2) is 8.88. The van der Waals surface area contributed by atoms with Crippen molar-refractivity contribution in [1.29, 1.82) is 0 Å². The predicted octanol–water partition coefficient (Wildman–Crippen LogP) is 12.9. The quantitative estimate of drug-likeness (QED) is 0.162. The Morgan fingerprint density at radius 1 is 0.468 bits per heavy atom. The van der Waals surface area contributed by atoms with Crippen LogP contribution in [0, 0.1) is 0 Å². The molecule has 8 aromatic carbocycles. The van der Waals surface area contributed by atoms with E-state index in [0.717, 1.165) is 0 Å². The van der Waals surface area contributed by atoms with Crippen LogP contribution in [0.4, 0.5) is 0 Å². The molecule has 11 rings (SSSR count). The first kappa shape index (κ1) is 25.7. The SMILES string of the molecule is CC1(C)c2ccccc2-c2ccc(-n3c4ccccc4c4c5c6ccccc6c6ccccc6c5c5c6ccccc6sc5c43)cc21. The third-order valence-electron chi connectivity index (χ3n) is 10.9. The van der Waals surface area contributed by atoms with Gasteiger partial charge in [0.2, 0.25) is 0 Å². The van der Waals surface area contributed by atoms with Crippen LogP contribution in [-0.2, 0) is 5.41 Å². The fourth-order valence-electron chi connectivity index (χ4n) is 8.93. The molecule has 0 saturated carbocycles. The molecule has 0 saturated heterocycles. The predicted molar refractivity (Wildman–Crippen MR) is 204 cm³/mol. The van der Waals surface area contributed by atoms with E-state index in [2.05, 4.69) is 158 Å². The number of hydrogen-bond acceptors (Lipinski definition) is 1. The average Bonchev–Trinajstić information content (AvgIpc) is 3.74. The maximum absolute atomic E-state index is 2.57. The van der Waals surface area contributed by atoms with E-state index >= 15 is 0 Å². The Balaban J connectivity index is 1.42. The molecule has 10 aromatic rings. The second-order valence-electron chi connectivity index (χ2n) is 13.6. The van der Waals surface area contributed by atoms with Crippen LogP contribution in [0.25, 0.3) is 91.1 Å². The minimum absolute atomic E-state index is 0.0740. The highest BCUT2D eigenvalue weighted by Gasteiger charge is 2.35. The average molecular weight is 616 g/mol. The van der Waals surface area contributed by atoms with Gasteiger partial charge in [-0.25, -0.2) is 0 Å². The largest absolute Gasteiger partial charge is 0.308 e. The molecule has 0 spiro atoms. The fraction of sp³-hybridized carbons (Fsp3) is 0.0667. The Bertz CT molecular complexity index is 2990. The van der Waals surface area contributed by atoms with Gasteiger partial charge in [-0.05, 0) is 68.1 Å². The molecule has 0 atom stereocenters. The molecule has 220 valence electrons. The molecule has 0 bridgehead atoms. The van der Waals surface area contributed by atoms with Crippen LogP contribution in [0.3, 0.4) is 0 Å². The van der Waals surface area contributed by atoms with Gasteiger partial charge in [0.05, 0.1) is 15.7 Å². The molecule has 0 unspecified atom stereocenters. The van der Waals surface area contributed by atoms with E-state index in [4.69, 9.17) is 0 Å². The first-order chi connectivity index (χ1) is 23.1. The van der Waals surface area contributed by atoms with Crippen LogP contribution in [0.1, 0.15) is 25.0 Å². The summed E-state index contributed by atoms with van der Waals surface area (Å²) in [5.74, 6) is 0. The van der Waals surface area contributed by atoms with Gasteiger partial charge in [-0.2, -0.15) is 0 Å². The van der Waals surface area contributed by atoms with E-state index in [0.29, 0.717) is 0 Å². The first-order valence-electron chi connectivity index (χ1n) is 16.5. The summed E-state index contributed by atoms with van der Waals surface area (Å²) in [5, 5.41) is 13.3. The summed E-state index contributed by atoms with van der Waals surface area (Å²) in [5.41, 5.74) is 9.22. The Hall–Kier alpha value is -5.44. The van der Waals surface area contributed by atoms with E-state index in [1.807, 2.05) is 11.3 Å². The maximum Gasteiger partial charge on any atom is 0.0726 e. The summed E-state index contributed by atoms with van der Waals surface area (Å²) < 4.78 is 5.26. The zero-order chi connectivity index (χ0) is 31.0. The van der Waals surface area contributed by atoms with Crippen molar-refractivity contribution in [2.45, 2.75) is 19.3 Å². The zero-order valence-electron chi connectivity index (χ0n) is 26.1. The number of para-hydroxylation sites is 1. The third kappa shape index (κ3) is 3.14. The van der Waals surface area contributed by atoms with Gasteiger partial charge >= 0.3 is 0 Å². The normalized spacial score (nSPS) is 13.9. The number of aromatic nitrogens is 1. The highest BCUT2D eigenvalue weighted by Crippen LogP contribution is 2.53. The van der Waals surface area contributed by atoms with Gasteiger partial charge in [-0.1, -0.05) is 129 Å². The molecule has 2 heteroatoms. The van der Waals surface area contributed by atoms with E-state index in [1.165, 1.54) is 102 Å². The van der Waals surface area contributed by atoms with Gasteiger partial charge in [-0.3, -0.25) is 0 Å². The summed E-state index contributed by atoms with van der Waals surface area (Å²) in [7, 11) is 0. The number of benzene rings is 8. The van der Waals surface area contributed by atoms with E-state index in [-0.39, 0.29) is 5.41 Å². The van der Waals surface area contributed by atoms with Crippen molar-refractivity contribution in [3.05, 3.63) is 151 Å². The molecule has 0 amide bonds. The van der Waals surface area contributed by atoms with Gasteiger partial charge in [-0.15, -0.1) is 11.3 Å². The molecule has 1 aliphatic carbocycles. The van der Waals surface area contributed by atoms with Crippen molar-refractivity contribution >= 4 is 85.6 Å². The number of fused-ring (bicyclic) bond motifs is 18. The fourth-order valence-corrected chi connectivity index (χ4v) is 10.2. The Morgan fingerprint density at radius 3 is 1.81 bits per heavy atom. The van der Waals surface area contributed by atoms with Crippen molar-refractivity contribution in [3.8, 4) is 16.8 Å². The van der Waals surface area contributed by atoms with E-state index in [9.17, 15) is 0 Å². The zero-order valence-corrected chi connectivity index (χ0v) is 27.0. The van der Waals surface area contributed by atoms with Crippen molar-refractivity contribution < 1.29 is 0 Å². The monoisotopic (exact) mass is 615 g/mol. The summed E-state index contributed by atoms with van der Waals surface area (Å²) in [4.78, 5) is 0. The molecule has 1 aliphatic rings. The van der Waals surface area contributed by atoms with Crippen molar-refractivity contribution in [2.24, 2.45) is 0 Å². The molecule has 0 aliphatic heterocycles. The molecule has 0 fully saturated rings. The molecule has 47 heavy (non-hydrogen) atoms. The number of nitrogens with zero attached hydrogens (tertiary/aromatic N) is 1. The van der Waals surface area contributed by atoms with Crippen LogP contribution in [0.15, 0.2) is 140 Å². The molecule has 0 N–H and O–H groups in total. The van der Waals surface area contributed by atoms with Crippen molar-refractivity contribution in [3.63, 3.8) is 0 Å². The second-order valence-corrected chi connectivity index (χ2v) is 14.7. The molecule has 1 nitrogen and oxygen atoms in total. The molecule has 2 heterocycles. The van der Waals surface area contributed by atoms with Crippen LogP contribution >= 0.6 is 11.3 Å². The molecular formula is C45H29NS. The van der Waals surface area contributed by atoms with Crippen molar-refractivity contribution in [2.75, 3.05) is 0 Å². The lowest BCUT2D eigenvalue weighted by atomic mass is 9.82. The Kier molecular flexibility index (Phi) is 4.86. The highest BCUT2D eigenvalue weighted by atomic mass is 32.1. The van der Waals surface area contributed by atoms with Gasteiger partial charge in [0, 0.05) is 48.1 Å². The topological polar surface area (TPSA) is 4.93 Å².